The van der Waals surface area contributed by atoms with Gasteiger partial charge in [0.1, 0.15) is 12.6 Å². The highest BCUT2D eigenvalue weighted by molar-refractivity contribution is 9.10. The topological polar surface area (TPSA) is 86.8 Å². The molecule has 7 nitrogen and oxygen atoms in total. The van der Waals surface area contributed by atoms with Crippen molar-refractivity contribution in [3.8, 4) is 0 Å². The van der Waals surface area contributed by atoms with Gasteiger partial charge >= 0.3 is 0 Å². The standard InChI is InChI=1S/C36H37BrClN3O4S/c1-26-10-5-8-17-33(26)41(46(44,45)32-20-18-30(38)19-21-32)25-35(42)40(24-28-13-9-14-29(37)22-28)34(23-27-11-3-2-4-12-27)36(43)39-31-15-6-7-16-31/h2-5,8-14,17-22,31,34H,6-7,15-16,23-25H2,1H3,(H,39,43). The van der Waals surface area contributed by atoms with Gasteiger partial charge in [-0.2, -0.15) is 0 Å². The molecule has 0 radical (unpaired) electrons. The number of hydrogen-bond donors (Lipinski definition) is 1. The number of halogens is 2. The quantitative estimate of drug-likeness (QED) is 0.166. The summed E-state index contributed by atoms with van der Waals surface area (Å²) in [6, 6.07) is 29.2. The molecule has 10 heteroatoms. The van der Waals surface area contributed by atoms with Crippen LogP contribution in [0.3, 0.4) is 0 Å². The molecule has 1 N–H and O–H groups in total. The van der Waals surface area contributed by atoms with Crippen LogP contribution in [0.1, 0.15) is 42.4 Å². The van der Waals surface area contributed by atoms with Crippen molar-refractivity contribution < 1.29 is 18.0 Å². The Morgan fingerprint density at radius 1 is 0.891 bits per heavy atom. The Labute approximate surface area is 284 Å². The molecule has 0 heterocycles. The van der Waals surface area contributed by atoms with Crippen LogP contribution in [0.25, 0.3) is 0 Å². The van der Waals surface area contributed by atoms with Crippen LogP contribution in [-0.4, -0.2) is 43.8 Å². The van der Waals surface area contributed by atoms with E-state index in [-0.39, 0.29) is 29.8 Å². The molecule has 1 aliphatic carbocycles. The monoisotopic (exact) mass is 721 g/mol. The number of sulfonamides is 1. The lowest BCUT2D eigenvalue weighted by molar-refractivity contribution is -0.140. The lowest BCUT2D eigenvalue weighted by Gasteiger charge is -2.34. The first-order valence-electron chi connectivity index (χ1n) is 15.3. The minimum Gasteiger partial charge on any atom is -0.352 e. The van der Waals surface area contributed by atoms with Crippen molar-refractivity contribution in [3.05, 3.63) is 129 Å². The fourth-order valence-electron chi connectivity index (χ4n) is 5.84. The number of para-hydroxylation sites is 1. The van der Waals surface area contributed by atoms with E-state index in [9.17, 15) is 18.0 Å². The third-order valence-corrected chi connectivity index (χ3v) is 10.8. The van der Waals surface area contributed by atoms with Gasteiger partial charge in [0.2, 0.25) is 11.8 Å². The number of benzene rings is 4. The SMILES string of the molecule is Cc1ccccc1N(CC(=O)N(Cc1cccc(Br)c1)C(Cc1ccccc1)C(=O)NC1CCCC1)S(=O)(=O)c1ccc(Cl)cc1. The Morgan fingerprint density at radius 3 is 2.22 bits per heavy atom. The molecule has 0 spiro atoms. The fourth-order valence-corrected chi connectivity index (χ4v) is 7.90. The molecule has 0 saturated heterocycles. The molecule has 46 heavy (non-hydrogen) atoms. The number of nitrogens with zero attached hydrogens (tertiary/aromatic N) is 2. The molecule has 1 aliphatic rings. The summed E-state index contributed by atoms with van der Waals surface area (Å²) in [5, 5.41) is 3.60. The average molecular weight is 723 g/mol. The van der Waals surface area contributed by atoms with Crippen molar-refractivity contribution in [1.29, 1.82) is 0 Å². The summed E-state index contributed by atoms with van der Waals surface area (Å²) in [5.74, 6) is -0.745. The van der Waals surface area contributed by atoms with Crippen LogP contribution in [0.2, 0.25) is 5.02 Å². The maximum Gasteiger partial charge on any atom is 0.264 e. The summed E-state index contributed by atoms with van der Waals surface area (Å²) in [4.78, 5) is 30.3. The molecule has 0 aliphatic heterocycles. The number of amides is 2. The predicted molar refractivity (Wildman–Crippen MR) is 186 cm³/mol. The number of carbonyl (C=O) groups is 2. The highest BCUT2D eigenvalue weighted by Gasteiger charge is 2.36. The fraction of sp³-hybridized carbons (Fsp3) is 0.278. The molecule has 2 amide bonds. The molecule has 1 fully saturated rings. The van der Waals surface area contributed by atoms with Crippen LogP contribution in [0.4, 0.5) is 5.69 Å². The van der Waals surface area contributed by atoms with Gasteiger partial charge in [-0.25, -0.2) is 8.42 Å². The molecule has 4 aromatic carbocycles. The van der Waals surface area contributed by atoms with E-state index >= 15 is 0 Å². The number of anilines is 1. The summed E-state index contributed by atoms with van der Waals surface area (Å²) < 4.78 is 30.4. The van der Waals surface area contributed by atoms with Crippen molar-refractivity contribution in [1.82, 2.24) is 10.2 Å². The average Bonchev–Trinajstić information content (AvgIpc) is 3.55. The Kier molecular flexibility index (Phi) is 11.2. The van der Waals surface area contributed by atoms with Crippen molar-refractivity contribution in [2.75, 3.05) is 10.8 Å². The molecular weight excluding hydrogens is 686 g/mol. The number of aryl methyl sites for hydroxylation is 1. The van der Waals surface area contributed by atoms with Gasteiger partial charge in [-0.1, -0.05) is 101 Å². The molecule has 5 rings (SSSR count). The Morgan fingerprint density at radius 2 is 1.54 bits per heavy atom. The van der Waals surface area contributed by atoms with E-state index in [4.69, 9.17) is 11.6 Å². The molecule has 4 aromatic rings. The van der Waals surface area contributed by atoms with Crippen LogP contribution < -0.4 is 9.62 Å². The zero-order valence-electron chi connectivity index (χ0n) is 25.6. The van der Waals surface area contributed by atoms with Crippen LogP contribution in [0, 0.1) is 6.92 Å². The van der Waals surface area contributed by atoms with Crippen LogP contribution in [0.15, 0.2) is 112 Å². The van der Waals surface area contributed by atoms with Crippen LogP contribution >= 0.6 is 27.5 Å². The summed E-state index contributed by atoms with van der Waals surface area (Å²) >= 11 is 9.60. The first-order chi connectivity index (χ1) is 22.1. The zero-order valence-corrected chi connectivity index (χ0v) is 28.8. The molecular formula is C36H37BrClN3O4S. The minimum atomic E-state index is -4.21. The van der Waals surface area contributed by atoms with Gasteiger partial charge in [0.15, 0.2) is 0 Å². The van der Waals surface area contributed by atoms with Gasteiger partial charge in [-0.05, 0) is 78.9 Å². The summed E-state index contributed by atoms with van der Waals surface area (Å²) in [6.07, 6.45) is 4.15. The van der Waals surface area contributed by atoms with Crippen molar-refractivity contribution in [3.63, 3.8) is 0 Å². The van der Waals surface area contributed by atoms with E-state index in [1.54, 1.807) is 25.1 Å². The van der Waals surface area contributed by atoms with E-state index in [1.165, 1.54) is 29.2 Å². The van der Waals surface area contributed by atoms with Gasteiger partial charge in [0.25, 0.3) is 10.0 Å². The van der Waals surface area contributed by atoms with Gasteiger partial charge < -0.3 is 10.2 Å². The normalized spacial score (nSPS) is 14.1. The summed E-state index contributed by atoms with van der Waals surface area (Å²) in [6.45, 7) is 1.40. The maximum absolute atomic E-state index is 14.6. The molecule has 0 bridgehead atoms. The second kappa shape index (κ2) is 15.3. The highest BCUT2D eigenvalue weighted by atomic mass is 79.9. The van der Waals surface area contributed by atoms with Gasteiger partial charge in [0, 0.05) is 28.5 Å². The van der Waals surface area contributed by atoms with Gasteiger partial charge in [0.05, 0.1) is 10.6 Å². The molecule has 1 atom stereocenters. The van der Waals surface area contributed by atoms with Gasteiger partial charge in [-0.15, -0.1) is 0 Å². The Balaban J connectivity index is 1.57. The number of nitrogens with one attached hydrogen (secondary N) is 1. The van der Waals surface area contributed by atoms with Crippen LogP contribution in [-0.2, 0) is 32.6 Å². The van der Waals surface area contributed by atoms with E-state index in [0.29, 0.717) is 16.3 Å². The zero-order chi connectivity index (χ0) is 32.7. The predicted octanol–water partition coefficient (Wildman–Crippen LogP) is 7.31. The van der Waals surface area contributed by atoms with Crippen molar-refractivity contribution in [2.24, 2.45) is 0 Å². The second-order valence-electron chi connectivity index (χ2n) is 11.6. The number of rotatable bonds is 12. The highest BCUT2D eigenvalue weighted by Crippen LogP contribution is 2.29. The van der Waals surface area contributed by atoms with Crippen molar-refractivity contribution in [2.45, 2.75) is 62.6 Å². The lowest BCUT2D eigenvalue weighted by atomic mass is 10.0. The van der Waals surface area contributed by atoms with E-state index in [0.717, 1.165) is 45.6 Å². The Hall–Kier alpha value is -3.66. The van der Waals surface area contributed by atoms with Gasteiger partial charge in [-0.3, -0.25) is 13.9 Å². The van der Waals surface area contributed by atoms with E-state index < -0.39 is 28.5 Å². The van der Waals surface area contributed by atoms with E-state index in [1.807, 2.05) is 60.7 Å². The second-order valence-corrected chi connectivity index (χ2v) is 14.8. The maximum atomic E-state index is 14.6. The number of carbonyl (C=O) groups excluding carboxylic acids is 2. The third-order valence-electron chi connectivity index (χ3n) is 8.28. The molecule has 240 valence electrons. The first kappa shape index (κ1) is 33.7. The molecule has 1 saturated carbocycles. The third kappa shape index (κ3) is 8.37. The Bertz CT molecular complexity index is 1760. The number of hydrogen-bond acceptors (Lipinski definition) is 4. The first-order valence-corrected chi connectivity index (χ1v) is 17.9. The summed E-state index contributed by atoms with van der Waals surface area (Å²) in [7, 11) is -4.21. The minimum absolute atomic E-state index is 0.00584. The lowest BCUT2D eigenvalue weighted by Crippen LogP contribution is -2.54. The van der Waals surface area contributed by atoms with Crippen LogP contribution in [0.5, 0.6) is 0 Å². The molecule has 0 aromatic heterocycles. The largest absolute Gasteiger partial charge is 0.352 e. The smallest absolute Gasteiger partial charge is 0.264 e. The van der Waals surface area contributed by atoms with Crippen molar-refractivity contribution >= 4 is 55.1 Å². The van der Waals surface area contributed by atoms with E-state index in [2.05, 4.69) is 21.2 Å². The molecule has 1 unspecified atom stereocenters. The summed E-state index contributed by atoms with van der Waals surface area (Å²) in [5.41, 5.74) is 2.76.